The van der Waals surface area contributed by atoms with Crippen LogP contribution in [0.4, 0.5) is 16.7 Å². The number of hydrogen-bond donors (Lipinski definition) is 2. The Morgan fingerprint density at radius 1 is 1.23 bits per heavy atom. The molecule has 2 aromatic heterocycles. The van der Waals surface area contributed by atoms with Crippen LogP contribution in [0.15, 0.2) is 18.5 Å². The highest BCUT2D eigenvalue weighted by Crippen LogP contribution is 2.29. The van der Waals surface area contributed by atoms with Crippen LogP contribution in [0.25, 0.3) is 11.3 Å². The van der Waals surface area contributed by atoms with E-state index in [0.29, 0.717) is 56.7 Å². The molecule has 0 bridgehead atoms. The van der Waals surface area contributed by atoms with Crippen molar-refractivity contribution in [1.82, 2.24) is 25.3 Å². The van der Waals surface area contributed by atoms with Gasteiger partial charge in [-0.05, 0) is 13.8 Å². The van der Waals surface area contributed by atoms with Crippen LogP contribution in [-0.4, -0.2) is 70.6 Å². The van der Waals surface area contributed by atoms with Crippen molar-refractivity contribution in [3.05, 3.63) is 18.5 Å². The van der Waals surface area contributed by atoms with Crippen LogP contribution in [0.2, 0.25) is 0 Å². The summed E-state index contributed by atoms with van der Waals surface area (Å²) in [5.41, 5.74) is 6.98. The highest BCUT2D eigenvalue weighted by molar-refractivity contribution is 5.68. The summed E-state index contributed by atoms with van der Waals surface area (Å²) < 4.78 is 16.6. The first-order chi connectivity index (χ1) is 15.0. The second-order valence-corrected chi connectivity index (χ2v) is 7.83. The van der Waals surface area contributed by atoms with E-state index in [0.717, 1.165) is 5.56 Å². The summed E-state index contributed by atoms with van der Waals surface area (Å²) >= 11 is 0. The van der Waals surface area contributed by atoms with Gasteiger partial charge in [0.25, 0.3) is 0 Å². The molecule has 31 heavy (non-hydrogen) atoms. The average Bonchev–Trinajstić information content (AvgIpc) is 2.72. The van der Waals surface area contributed by atoms with Crippen LogP contribution in [0, 0.1) is 0 Å². The van der Waals surface area contributed by atoms with Crippen molar-refractivity contribution in [2.75, 3.05) is 36.9 Å². The van der Waals surface area contributed by atoms with Gasteiger partial charge in [-0.25, -0.2) is 19.7 Å². The van der Waals surface area contributed by atoms with Gasteiger partial charge in [0.05, 0.1) is 25.0 Å². The molecule has 1 aliphatic carbocycles. The van der Waals surface area contributed by atoms with Gasteiger partial charge in [0.15, 0.2) is 0 Å². The van der Waals surface area contributed by atoms with Crippen LogP contribution in [0.1, 0.15) is 26.7 Å². The smallest absolute Gasteiger partial charge is 0.407 e. The van der Waals surface area contributed by atoms with Crippen molar-refractivity contribution in [2.45, 2.75) is 44.9 Å². The van der Waals surface area contributed by atoms with Crippen LogP contribution in [0.5, 0.6) is 5.88 Å². The van der Waals surface area contributed by atoms with E-state index in [2.05, 4.69) is 30.2 Å². The number of ether oxygens (including phenoxy) is 3. The van der Waals surface area contributed by atoms with Crippen molar-refractivity contribution < 1.29 is 19.0 Å². The lowest BCUT2D eigenvalue weighted by Crippen LogP contribution is -2.49. The first-order valence-electron chi connectivity index (χ1n) is 10.4. The number of anilines is 2. The van der Waals surface area contributed by atoms with E-state index in [9.17, 15) is 4.79 Å². The molecule has 3 N–H and O–H groups in total. The summed E-state index contributed by atoms with van der Waals surface area (Å²) in [5, 5.41) is 2.84. The minimum Gasteiger partial charge on any atom is -0.474 e. The number of rotatable bonds is 6. The van der Waals surface area contributed by atoms with Crippen molar-refractivity contribution in [2.24, 2.45) is 0 Å². The van der Waals surface area contributed by atoms with E-state index in [1.165, 1.54) is 0 Å². The zero-order chi connectivity index (χ0) is 21.8. The van der Waals surface area contributed by atoms with Gasteiger partial charge in [-0.1, -0.05) is 0 Å². The number of nitrogens with one attached hydrogen (secondary N) is 1. The first kappa shape index (κ1) is 21.0. The predicted molar refractivity (Wildman–Crippen MR) is 113 cm³/mol. The SMILES string of the molecule is CC(C)OC(=O)N[C@H]1C[C@H](Oc2cc(-c3cnc(N)nc3)nc(N3CCOCC3)n2)C1. The maximum Gasteiger partial charge on any atom is 0.407 e. The number of amides is 1. The Labute approximate surface area is 180 Å². The molecule has 0 atom stereocenters. The third-order valence-electron chi connectivity index (χ3n) is 5.00. The van der Waals surface area contributed by atoms with Crippen molar-refractivity contribution >= 4 is 18.0 Å². The first-order valence-corrected chi connectivity index (χ1v) is 10.4. The standard InChI is InChI=1S/C20H27N7O4/c1-12(2)30-20(28)24-14-7-15(8-14)31-17-9-16(13-10-22-18(21)23-11-13)25-19(26-17)27-3-5-29-6-4-27/h9-12,14-15H,3-8H2,1-2H3,(H,24,28)(H2,21,22,23)/t14-,15-. The molecule has 11 nitrogen and oxygen atoms in total. The van der Waals surface area contributed by atoms with Gasteiger partial charge in [0.1, 0.15) is 6.10 Å². The summed E-state index contributed by atoms with van der Waals surface area (Å²) in [6.45, 7) is 6.28. The summed E-state index contributed by atoms with van der Waals surface area (Å²) in [6, 6.07) is 1.80. The lowest BCUT2D eigenvalue weighted by atomic mass is 9.89. The normalized spacial score (nSPS) is 20.8. The van der Waals surface area contributed by atoms with Crippen molar-refractivity contribution in [3.63, 3.8) is 0 Å². The van der Waals surface area contributed by atoms with Crippen LogP contribution in [0.3, 0.4) is 0 Å². The van der Waals surface area contributed by atoms with Gasteiger partial charge in [0.2, 0.25) is 17.8 Å². The van der Waals surface area contributed by atoms with E-state index < -0.39 is 6.09 Å². The Morgan fingerprint density at radius 3 is 2.61 bits per heavy atom. The number of carbonyl (C=O) groups is 1. The summed E-state index contributed by atoms with van der Waals surface area (Å²) in [5.74, 6) is 1.24. The largest absolute Gasteiger partial charge is 0.474 e. The van der Waals surface area contributed by atoms with E-state index in [4.69, 9.17) is 19.9 Å². The molecule has 166 valence electrons. The molecular weight excluding hydrogens is 402 g/mol. The van der Waals surface area contributed by atoms with Gasteiger partial charge in [-0.15, -0.1) is 0 Å². The highest BCUT2D eigenvalue weighted by atomic mass is 16.6. The zero-order valence-corrected chi connectivity index (χ0v) is 17.7. The molecule has 3 heterocycles. The van der Waals surface area contributed by atoms with Gasteiger partial charge >= 0.3 is 6.09 Å². The number of alkyl carbamates (subject to hydrolysis) is 1. The number of carbonyl (C=O) groups excluding carboxylic acids is 1. The van der Waals surface area contributed by atoms with E-state index in [-0.39, 0.29) is 24.2 Å². The second kappa shape index (κ2) is 9.29. The van der Waals surface area contributed by atoms with Gasteiger partial charge in [-0.2, -0.15) is 4.98 Å². The summed E-state index contributed by atoms with van der Waals surface area (Å²) in [6.07, 6.45) is 4.02. The maximum absolute atomic E-state index is 11.7. The zero-order valence-electron chi connectivity index (χ0n) is 17.7. The molecule has 4 rings (SSSR count). The number of nitrogens with two attached hydrogens (primary N) is 1. The minimum atomic E-state index is -0.402. The van der Waals surface area contributed by atoms with Crippen molar-refractivity contribution in [1.29, 1.82) is 0 Å². The number of aromatic nitrogens is 4. The molecule has 2 fully saturated rings. The highest BCUT2D eigenvalue weighted by Gasteiger charge is 2.33. The number of hydrogen-bond acceptors (Lipinski definition) is 10. The van der Waals surface area contributed by atoms with E-state index >= 15 is 0 Å². The molecule has 1 aliphatic heterocycles. The third kappa shape index (κ3) is 5.48. The Morgan fingerprint density at radius 2 is 1.94 bits per heavy atom. The van der Waals surface area contributed by atoms with Crippen LogP contribution >= 0.6 is 0 Å². The number of nitrogen functional groups attached to an aromatic ring is 1. The second-order valence-electron chi connectivity index (χ2n) is 7.83. The average molecular weight is 429 g/mol. The molecule has 1 saturated carbocycles. The molecule has 2 aromatic rings. The molecular formula is C20H27N7O4. The third-order valence-corrected chi connectivity index (χ3v) is 5.00. The van der Waals surface area contributed by atoms with Gasteiger partial charge in [-0.3, -0.25) is 0 Å². The molecule has 2 aliphatic rings. The molecule has 0 spiro atoms. The van der Waals surface area contributed by atoms with Crippen molar-refractivity contribution in [3.8, 4) is 17.1 Å². The molecule has 0 radical (unpaired) electrons. The number of nitrogens with zero attached hydrogens (tertiary/aromatic N) is 5. The molecule has 0 unspecified atom stereocenters. The summed E-state index contributed by atoms with van der Waals surface area (Å²) in [7, 11) is 0. The Balaban J connectivity index is 1.46. The monoisotopic (exact) mass is 429 g/mol. The predicted octanol–water partition coefficient (Wildman–Crippen LogP) is 1.40. The van der Waals surface area contributed by atoms with E-state index in [1.54, 1.807) is 18.5 Å². The fourth-order valence-electron chi connectivity index (χ4n) is 3.36. The molecule has 0 aromatic carbocycles. The molecule has 11 heteroatoms. The fraction of sp³-hybridized carbons (Fsp3) is 0.550. The Bertz CT molecular complexity index is 897. The lowest BCUT2D eigenvalue weighted by Gasteiger charge is -2.35. The van der Waals surface area contributed by atoms with Crippen LogP contribution < -0.4 is 20.7 Å². The summed E-state index contributed by atoms with van der Waals surface area (Å²) in [4.78, 5) is 31.2. The van der Waals surface area contributed by atoms with Gasteiger partial charge < -0.3 is 30.2 Å². The Kier molecular flexibility index (Phi) is 6.31. The molecule has 1 amide bonds. The van der Waals surface area contributed by atoms with Gasteiger partial charge in [0, 0.05) is 56.0 Å². The van der Waals surface area contributed by atoms with Crippen LogP contribution in [-0.2, 0) is 9.47 Å². The number of morpholine rings is 1. The maximum atomic E-state index is 11.7. The quantitative estimate of drug-likeness (QED) is 0.693. The molecule has 1 saturated heterocycles. The lowest BCUT2D eigenvalue weighted by molar-refractivity contribution is 0.0660. The van der Waals surface area contributed by atoms with E-state index in [1.807, 2.05) is 13.8 Å². The minimum absolute atomic E-state index is 0.0294. The Hall–Kier alpha value is -3.21. The topological polar surface area (TPSA) is 138 Å². The fourth-order valence-corrected chi connectivity index (χ4v) is 3.36.